The van der Waals surface area contributed by atoms with Gasteiger partial charge in [0, 0.05) is 5.69 Å². The van der Waals surface area contributed by atoms with E-state index >= 15 is 0 Å². The molecule has 24 heavy (non-hydrogen) atoms. The summed E-state index contributed by atoms with van der Waals surface area (Å²) in [6.45, 7) is 14.6. The first-order chi connectivity index (χ1) is 11.2. The number of benzene rings is 1. The van der Waals surface area contributed by atoms with Crippen molar-refractivity contribution in [2.45, 2.75) is 38.9 Å². The highest BCUT2D eigenvalue weighted by Crippen LogP contribution is 2.36. The van der Waals surface area contributed by atoms with Gasteiger partial charge in [-0.05, 0) is 42.4 Å². The molecule has 0 fully saturated rings. The van der Waals surface area contributed by atoms with Gasteiger partial charge in [-0.3, -0.25) is 0 Å². The molecule has 0 unspecified atom stereocenters. The Morgan fingerprint density at radius 3 is 1.88 bits per heavy atom. The lowest BCUT2D eigenvalue weighted by atomic mass is 10.2. The first-order valence-electron chi connectivity index (χ1n) is 8.50. The highest BCUT2D eigenvalue weighted by atomic mass is 28.4. The number of rotatable bonds is 11. The zero-order valence-corrected chi connectivity index (χ0v) is 16.8. The van der Waals surface area contributed by atoms with Crippen molar-refractivity contribution in [2.24, 2.45) is 0 Å². The molecule has 0 aromatic heterocycles. The van der Waals surface area contributed by atoms with Gasteiger partial charge < -0.3 is 24.4 Å². The molecular weight excluding hydrogens is 322 g/mol. The van der Waals surface area contributed by atoms with Crippen LogP contribution in [0.25, 0.3) is 0 Å². The van der Waals surface area contributed by atoms with Crippen molar-refractivity contribution in [3.63, 3.8) is 0 Å². The minimum absolute atomic E-state index is 0.237. The van der Waals surface area contributed by atoms with E-state index in [2.05, 4.69) is 33.9 Å². The summed E-state index contributed by atoms with van der Waals surface area (Å²) in [5, 5.41) is 0.237. The number of hydrogen-bond acceptors (Lipinski definition) is 5. The minimum atomic E-state index is -1.66. The number of nitrogens with two attached hydrogens (primary N) is 1. The highest BCUT2D eigenvalue weighted by molar-refractivity contribution is 6.74. The number of hydrogen-bond donors (Lipinski definition) is 1. The fraction of sp³-hybridized carbons (Fsp3) is 0.667. The minimum Gasteiger partial charge on any atom is -0.491 e. The Bertz CT molecular complexity index is 457. The largest absolute Gasteiger partial charge is 0.491 e. The van der Waals surface area contributed by atoms with Gasteiger partial charge in [-0.1, -0.05) is 20.8 Å². The van der Waals surface area contributed by atoms with Crippen molar-refractivity contribution in [3.05, 3.63) is 24.3 Å². The zero-order chi connectivity index (χ0) is 18.1. The Morgan fingerprint density at radius 1 is 0.833 bits per heavy atom. The molecule has 1 aromatic carbocycles. The third-order valence-corrected chi connectivity index (χ3v) is 8.78. The monoisotopic (exact) mass is 355 g/mol. The molecule has 0 bridgehead atoms. The van der Waals surface area contributed by atoms with Gasteiger partial charge in [-0.15, -0.1) is 0 Å². The Morgan fingerprint density at radius 2 is 1.33 bits per heavy atom. The molecule has 0 aliphatic carbocycles. The first kappa shape index (κ1) is 21.0. The van der Waals surface area contributed by atoms with Crippen LogP contribution in [-0.4, -0.2) is 48.0 Å². The lowest BCUT2D eigenvalue weighted by Gasteiger charge is -2.36. The third kappa shape index (κ3) is 8.15. The van der Waals surface area contributed by atoms with E-state index in [1.807, 2.05) is 24.3 Å². The smallest absolute Gasteiger partial charge is 0.192 e. The van der Waals surface area contributed by atoms with Gasteiger partial charge >= 0.3 is 0 Å². The summed E-state index contributed by atoms with van der Waals surface area (Å²) in [6.07, 6.45) is 0. The van der Waals surface area contributed by atoms with E-state index in [9.17, 15) is 0 Å². The molecule has 0 amide bonds. The van der Waals surface area contributed by atoms with Crippen molar-refractivity contribution in [1.82, 2.24) is 0 Å². The van der Waals surface area contributed by atoms with E-state index in [-0.39, 0.29) is 5.04 Å². The second-order valence-electron chi connectivity index (χ2n) is 7.25. The summed E-state index contributed by atoms with van der Waals surface area (Å²) in [4.78, 5) is 0. The van der Waals surface area contributed by atoms with Crippen molar-refractivity contribution in [2.75, 3.05) is 45.4 Å². The lowest BCUT2D eigenvalue weighted by molar-refractivity contribution is 0.0260. The Hall–Kier alpha value is -1.08. The van der Waals surface area contributed by atoms with E-state index in [0.717, 1.165) is 11.4 Å². The summed E-state index contributed by atoms with van der Waals surface area (Å²) in [7, 11) is -1.66. The second kappa shape index (κ2) is 10.0. The molecule has 0 heterocycles. The van der Waals surface area contributed by atoms with E-state index in [1.165, 1.54) is 0 Å². The molecule has 138 valence electrons. The average Bonchev–Trinajstić information content (AvgIpc) is 2.49. The Labute approximate surface area is 147 Å². The fourth-order valence-electron chi connectivity index (χ4n) is 1.68. The maximum absolute atomic E-state index is 6.04. The normalized spacial score (nSPS) is 12.4. The predicted octanol–water partition coefficient (Wildman–Crippen LogP) is 3.70. The van der Waals surface area contributed by atoms with Crippen LogP contribution in [0.3, 0.4) is 0 Å². The molecule has 1 aromatic rings. The molecule has 0 radical (unpaired) electrons. The van der Waals surface area contributed by atoms with Crippen LogP contribution in [0.4, 0.5) is 5.69 Å². The Balaban J connectivity index is 1.95. The lowest BCUT2D eigenvalue weighted by Crippen LogP contribution is -2.41. The molecule has 0 saturated carbocycles. The molecule has 0 aliphatic rings. The van der Waals surface area contributed by atoms with Crippen LogP contribution < -0.4 is 10.5 Å². The maximum atomic E-state index is 6.04. The molecule has 6 heteroatoms. The zero-order valence-electron chi connectivity index (χ0n) is 15.8. The van der Waals surface area contributed by atoms with Crippen LogP contribution >= 0.6 is 0 Å². The maximum Gasteiger partial charge on any atom is 0.192 e. The number of ether oxygens (including phenoxy) is 3. The van der Waals surface area contributed by atoms with Gasteiger partial charge in [0.1, 0.15) is 12.4 Å². The molecule has 0 atom stereocenters. The van der Waals surface area contributed by atoms with Gasteiger partial charge in [0.05, 0.1) is 33.0 Å². The Kier molecular flexibility index (Phi) is 8.76. The van der Waals surface area contributed by atoms with Crippen molar-refractivity contribution in [1.29, 1.82) is 0 Å². The summed E-state index contributed by atoms with van der Waals surface area (Å²) < 4.78 is 22.6. The molecule has 0 spiro atoms. The molecule has 0 aliphatic heterocycles. The van der Waals surface area contributed by atoms with E-state index in [1.54, 1.807) is 0 Å². The van der Waals surface area contributed by atoms with Crippen LogP contribution in [0.1, 0.15) is 20.8 Å². The van der Waals surface area contributed by atoms with Gasteiger partial charge in [-0.2, -0.15) is 0 Å². The standard InChI is InChI=1S/C18H33NO4Si/c1-18(2,3)24(4,5)23-15-13-21-11-10-20-12-14-22-17-8-6-16(19)7-9-17/h6-9H,10-15,19H2,1-5H3. The van der Waals surface area contributed by atoms with Crippen LogP contribution in [0.15, 0.2) is 24.3 Å². The summed E-state index contributed by atoms with van der Waals surface area (Å²) in [6, 6.07) is 7.33. The molecule has 0 saturated heterocycles. The molecular formula is C18H33NO4Si. The second-order valence-corrected chi connectivity index (χ2v) is 12.1. The fourth-order valence-corrected chi connectivity index (χ4v) is 2.70. The van der Waals surface area contributed by atoms with E-state index < -0.39 is 8.32 Å². The number of nitrogen functional groups attached to an aromatic ring is 1. The van der Waals surface area contributed by atoms with Crippen LogP contribution in [-0.2, 0) is 13.9 Å². The SMILES string of the molecule is CC(C)(C)[Si](C)(C)OCCOCCOCCOc1ccc(N)cc1. The quantitative estimate of drug-likeness (QED) is 0.372. The van der Waals surface area contributed by atoms with E-state index in [0.29, 0.717) is 39.6 Å². The summed E-state index contributed by atoms with van der Waals surface area (Å²) in [5.41, 5.74) is 6.34. The molecule has 1 rings (SSSR count). The molecule has 2 N–H and O–H groups in total. The summed E-state index contributed by atoms with van der Waals surface area (Å²) in [5.74, 6) is 0.798. The van der Waals surface area contributed by atoms with Gasteiger partial charge in [0.15, 0.2) is 8.32 Å². The van der Waals surface area contributed by atoms with Gasteiger partial charge in [0.25, 0.3) is 0 Å². The average molecular weight is 356 g/mol. The summed E-state index contributed by atoms with van der Waals surface area (Å²) >= 11 is 0. The van der Waals surface area contributed by atoms with Gasteiger partial charge in [0.2, 0.25) is 0 Å². The van der Waals surface area contributed by atoms with Crippen LogP contribution in [0, 0.1) is 0 Å². The van der Waals surface area contributed by atoms with Crippen molar-refractivity contribution < 1.29 is 18.6 Å². The van der Waals surface area contributed by atoms with Crippen molar-refractivity contribution in [3.8, 4) is 5.75 Å². The predicted molar refractivity (Wildman–Crippen MR) is 101 cm³/mol. The van der Waals surface area contributed by atoms with Gasteiger partial charge in [-0.25, -0.2) is 0 Å². The third-order valence-electron chi connectivity index (χ3n) is 4.25. The first-order valence-corrected chi connectivity index (χ1v) is 11.4. The highest BCUT2D eigenvalue weighted by Gasteiger charge is 2.36. The van der Waals surface area contributed by atoms with Crippen LogP contribution in [0.2, 0.25) is 18.1 Å². The number of anilines is 1. The topological polar surface area (TPSA) is 62.9 Å². The van der Waals surface area contributed by atoms with E-state index in [4.69, 9.17) is 24.4 Å². The van der Waals surface area contributed by atoms with Crippen LogP contribution in [0.5, 0.6) is 5.75 Å². The molecule has 5 nitrogen and oxygen atoms in total. The van der Waals surface area contributed by atoms with Crippen molar-refractivity contribution >= 4 is 14.0 Å².